The topological polar surface area (TPSA) is 65.2 Å². The fourth-order valence-corrected chi connectivity index (χ4v) is 1.99. The van der Waals surface area contributed by atoms with E-state index in [1.54, 1.807) is 6.26 Å². The van der Waals surface area contributed by atoms with Crippen LogP contribution in [0.1, 0.15) is 5.76 Å². The Kier molecular flexibility index (Phi) is 2.41. The van der Waals surface area contributed by atoms with Gasteiger partial charge in [-0.3, -0.25) is 0 Å². The Morgan fingerprint density at radius 2 is 1.89 bits per heavy atom. The number of benzene rings is 1. The molecule has 0 unspecified atom stereocenters. The first-order valence-electron chi connectivity index (χ1n) is 5.62. The van der Waals surface area contributed by atoms with E-state index in [0.29, 0.717) is 11.6 Å². The minimum absolute atomic E-state index is 0.386. The van der Waals surface area contributed by atoms with Crippen LogP contribution in [-0.4, -0.2) is 5.16 Å². The van der Waals surface area contributed by atoms with Gasteiger partial charge in [-0.2, -0.15) is 0 Å². The van der Waals surface area contributed by atoms with Crippen molar-refractivity contribution in [3.8, 4) is 22.5 Å². The van der Waals surface area contributed by atoms with Crippen LogP contribution in [-0.2, 0) is 0 Å². The molecule has 2 heterocycles. The SMILES string of the molecule is Cc1occc1-c1onc(N)c1-c1ccccc1. The number of aryl methyl sites for hydroxylation is 1. The Hall–Kier alpha value is -2.49. The number of anilines is 1. The third-order valence-corrected chi connectivity index (χ3v) is 2.88. The van der Waals surface area contributed by atoms with Gasteiger partial charge in [0.25, 0.3) is 0 Å². The number of furan rings is 1. The van der Waals surface area contributed by atoms with E-state index >= 15 is 0 Å². The van der Waals surface area contributed by atoms with Crippen molar-refractivity contribution < 1.29 is 8.94 Å². The quantitative estimate of drug-likeness (QED) is 0.744. The van der Waals surface area contributed by atoms with Gasteiger partial charge in [0, 0.05) is 0 Å². The summed E-state index contributed by atoms with van der Waals surface area (Å²) in [4.78, 5) is 0. The van der Waals surface area contributed by atoms with Gasteiger partial charge in [0.2, 0.25) is 0 Å². The summed E-state index contributed by atoms with van der Waals surface area (Å²) >= 11 is 0. The lowest BCUT2D eigenvalue weighted by Crippen LogP contribution is -1.88. The number of aromatic nitrogens is 1. The first-order valence-corrected chi connectivity index (χ1v) is 5.62. The normalized spacial score (nSPS) is 10.7. The fraction of sp³-hybridized carbons (Fsp3) is 0.0714. The molecule has 0 aliphatic heterocycles. The van der Waals surface area contributed by atoms with E-state index in [1.165, 1.54) is 0 Å². The van der Waals surface area contributed by atoms with Crippen LogP contribution in [0.15, 0.2) is 51.6 Å². The van der Waals surface area contributed by atoms with Gasteiger partial charge in [-0.1, -0.05) is 35.5 Å². The van der Waals surface area contributed by atoms with Crippen LogP contribution in [0, 0.1) is 6.92 Å². The summed E-state index contributed by atoms with van der Waals surface area (Å²) in [6, 6.07) is 11.7. The Bertz CT molecular complexity index is 668. The summed E-state index contributed by atoms with van der Waals surface area (Å²) in [6.07, 6.45) is 1.62. The van der Waals surface area contributed by atoms with Gasteiger partial charge >= 0.3 is 0 Å². The lowest BCUT2D eigenvalue weighted by Gasteiger charge is -2.01. The molecule has 3 rings (SSSR count). The van der Waals surface area contributed by atoms with Gasteiger partial charge in [0.05, 0.1) is 17.4 Å². The largest absolute Gasteiger partial charge is 0.469 e. The third kappa shape index (κ3) is 1.59. The number of nitrogens with zero attached hydrogens (tertiary/aromatic N) is 1. The lowest BCUT2D eigenvalue weighted by atomic mass is 10.0. The maximum absolute atomic E-state index is 5.89. The molecule has 0 aliphatic carbocycles. The van der Waals surface area contributed by atoms with Crippen LogP contribution in [0.25, 0.3) is 22.5 Å². The summed E-state index contributed by atoms with van der Waals surface area (Å²) in [5, 5.41) is 3.85. The highest BCUT2D eigenvalue weighted by Crippen LogP contribution is 2.37. The van der Waals surface area contributed by atoms with Crippen molar-refractivity contribution in [3.05, 3.63) is 48.4 Å². The Morgan fingerprint density at radius 1 is 1.11 bits per heavy atom. The first-order chi connectivity index (χ1) is 8.77. The zero-order chi connectivity index (χ0) is 12.5. The fourth-order valence-electron chi connectivity index (χ4n) is 1.99. The molecule has 0 saturated carbocycles. The highest BCUT2D eigenvalue weighted by atomic mass is 16.5. The summed E-state index contributed by atoms with van der Waals surface area (Å²) in [5.74, 6) is 1.81. The Balaban J connectivity index is 2.22. The van der Waals surface area contributed by atoms with Gasteiger partial charge in [0.15, 0.2) is 11.6 Å². The van der Waals surface area contributed by atoms with Gasteiger partial charge in [-0.15, -0.1) is 0 Å². The van der Waals surface area contributed by atoms with Crippen molar-refractivity contribution in [2.45, 2.75) is 6.92 Å². The molecule has 4 nitrogen and oxygen atoms in total. The summed E-state index contributed by atoms with van der Waals surface area (Å²) in [5.41, 5.74) is 8.55. The Morgan fingerprint density at radius 3 is 2.56 bits per heavy atom. The molecule has 0 spiro atoms. The van der Waals surface area contributed by atoms with E-state index in [0.717, 1.165) is 22.5 Å². The molecule has 0 bridgehead atoms. The Labute approximate surface area is 104 Å². The second kappa shape index (κ2) is 4.07. The number of nitrogens with two attached hydrogens (primary N) is 1. The van der Waals surface area contributed by atoms with Crippen molar-refractivity contribution in [1.29, 1.82) is 0 Å². The minimum Gasteiger partial charge on any atom is -0.469 e. The van der Waals surface area contributed by atoms with E-state index in [2.05, 4.69) is 5.16 Å². The first kappa shape index (κ1) is 10.7. The number of rotatable bonds is 2. The third-order valence-electron chi connectivity index (χ3n) is 2.88. The molecular formula is C14H12N2O2. The van der Waals surface area contributed by atoms with E-state index < -0.39 is 0 Å². The molecule has 0 fully saturated rings. The molecule has 0 atom stereocenters. The molecule has 18 heavy (non-hydrogen) atoms. The predicted octanol–water partition coefficient (Wildman–Crippen LogP) is 3.49. The molecule has 0 amide bonds. The molecule has 2 aromatic heterocycles. The van der Waals surface area contributed by atoms with Crippen LogP contribution in [0.3, 0.4) is 0 Å². The van der Waals surface area contributed by atoms with Crippen molar-refractivity contribution in [1.82, 2.24) is 5.16 Å². The van der Waals surface area contributed by atoms with Gasteiger partial charge in [-0.25, -0.2) is 0 Å². The van der Waals surface area contributed by atoms with Crippen LogP contribution >= 0.6 is 0 Å². The molecule has 0 saturated heterocycles. The zero-order valence-electron chi connectivity index (χ0n) is 9.88. The van der Waals surface area contributed by atoms with Crippen molar-refractivity contribution >= 4 is 5.82 Å². The highest BCUT2D eigenvalue weighted by Gasteiger charge is 2.19. The molecular weight excluding hydrogens is 228 g/mol. The standard InChI is InChI=1S/C14H12N2O2/c1-9-11(7-8-17-9)13-12(14(15)16-18-13)10-5-3-2-4-6-10/h2-8H,1H3,(H2,15,16). The summed E-state index contributed by atoms with van der Waals surface area (Å²) in [7, 11) is 0. The summed E-state index contributed by atoms with van der Waals surface area (Å²) < 4.78 is 10.6. The average Bonchev–Trinajstić information content (AvgIpc) is 2.96. The van der Waals surface area contributed by atoms with E-state index in [4.69, 9.17) is 14.7 Å². The van der Waals surface area contributed by atoms with Gasteiger partial charge < -0.3 is 14.7 Å². The number of hydrogen-bond donors (Lipinski definition) is 1. The minimum atomic E-state index is 0.386. The van der Waals surface area contributed by atoms with Crippen molar-refractivity contribution in [2.24, 2.45) is 0 Å². The smallest absolute Gasteiger partial charge is 0.180 e. The molecule has 1 aromatic carbocycles. The molecule has 4 heteroatoms. The monoisotopic (exact) mass is 240 g/mol. The van der Waals surface area contributed by atoms with E-state index in [-0.39, 0.29) is 0 Å². The zero-order valence-corrected chi connectivity index (χ0v) is 9.88. The number of hydrogen-bond acceptors (Lipinski definition) is 4. The van der Waals surface area contributed by atoms with Gasteiger partial charge in [0.1, 0.15) is 5.76 Å². The second-order valence-corrected chi connectivity index (χ2v) is 4.03. The van der Waals surface area contributed by atoms with Crippen LogP contribution in [0.2, 0.25) is 0 Å². The van der Waals surface area contributed by atoms with Crippen LogP contribution in [0.4, 0.5) is 5.82 Å². The highest BCUT2D eigenvalue weighted by molar-refractivity contribution is 5.86. The van der Waals surface area contributed by atoms with Crippen molar-refractivity contribution in [3.63, 3.8) is 0 Å². The van der Waals surface area contributed by atoms with Crippen LogP contribution < -0.4 is 5.73 Å². The molecule has 90 valence electrons. The molecule has 0 aliphatic rings. The van der Waals surface area contributed by atoms with Crippen LogP contribution in [0.5, 0.6) is 0 Å². The predicted molar refractivity (Wildman–Crippen MR) is 68.8 cm³/mol. The van der Waals surface area contributed by atoms with Crippen molar-refractivity contribution in [2.75, 3.05) is 5.73 Å². The average molecular weight is 240 g/mol. The maximum Gasteiger partial charge on any atom is 0.180 e. The summed E-state index contributed by atoms with van der Waals surface area (Å²) in [6.45, 7) is 1.88. The van der Waals surface area contributed by atoms with E-state index in [1.807, 2.05) is 43.3 Å². The second-order valence-electron chi connectivity index (χ2n) is 4.03. The van der Waals surface area contributed by atoms with Gasteiger partial charge in [-0.05, 0) is 18.6 Å². The molecule has 0 radical (unpaired) electrons. The maximum atomic E-state index is 5.89. The lowest BCUT2D eigenvalue weighted by molar-refractivity contribution is 0.434. The molecule has 2 N–H and O–H groups in total. The molecule has 3 aromatic rings. The number of nitrogen functional groups attached to an aromatic ring is 1. The van der Waals surface area contributed by atoms with E-state index in [9.17, 15) is 0 Å².